The van der Waals surface area contributed by atoms with E-state index in [0.29, 0.717) is 37.5 Å². The van der Waals surface area contributed by atoms with Gasteiger partial charge in [-0.15, -0.1) is 0 Å². The molecule has 0 amide bonds. The van der Waals surface area contributed by atoms with Gasteiger partial charge in [-0.1, -0.05) is 24.3 Å². The lowest BCUT2D eigenvalue weighted by atomic mass is 9.94. The predicted molar refractivity (Wildman–Crippen MR) is 149 cm³/mol. The molecular weight excluding hydrogens is 496 g/mol. The van der Waals surface area contributed by atoms with Crippen LogP contribution in [0.3, 0.4) is 0 Å². The molecule has 2 aromatic rings. The number of benzene rings is 2. The van der Waals surface area contributed by atoms with Gasteiger partial charge in [0.05, 0.1) is 31.5 Å². The van der Waals surface area contributed by atoms with Crippen molar-refractivity contribution in [1.82, 2.24) is 9.80 Å². The molecule has 1 N–H and O–H groups in total. The molecule has 8 nitrogen and oxygen atoms in total. The highest BCUT2D eigenvalue weighted by molar-refractivity contribution is 5.92. The van der Waals surface area contributed by atoms with Crippen LogP contribution >= 0.6 is 0 Å². The summed E-state index contributed by atoms with van der Waals surface area (Å²) in [5, 5.41) is 11.3. The summed E-state index contributed by atoms with van der Waals surface area (Å²) in [5.41, 5.74) is 6.10. The minimum atomic E-state index is -0.695. The molecule has 0 saturated carbocycles. The second-order valence-electron chi connectivity index (χ2n) is 11.1. The Morgan fingerprint density at radius 3 is 2.77 bits per heavy atom. The predicted octanol–water partition coefficient (Wildman–Crippen LogP) is 3.35. The summed E-state index contributed by atoms with van der Waals surface area (Å²) in [5.74, 6) is -0.231. The fourth-order valence-corrected chi connectivity index (χ4v) is 5.85. The number of carbonyl (C=O) groups excluding carboxylic acids is 2. The zero-order valence-corrected chi connectivity index (χ0v) is 23.8. The summed E-state index contributed by atoms with van der Waals surface area (Å²) in [4.78, 5) is 28.3. The molecule has 2 aliphatic rings. The Bertz CT molecular complexity index is 1170. The lowest BCUT2D eigenvalue weighted by Crippen LogP contribution is -2.56. The number of hydrogen-bond donors (Lipinski definition) is 1. The fourth-order valence-electron chi connectivity index (χ4n) is 5.85. The summed E-state index contributed by atoms with van der Waals surface area (Å²) in [6, 6.07) is 9.99. The van der Waals surface area contributed by atoms with Crippen LogP contribution in [-0.2, 0) is 33.7 Å². The number of ether oxygens (including phenoxy) is 3. The number of nitrogens with zero attached hydrogens (tertiary/aromatic N) is 2. The third kappa shape index (κ3) is 6.94. The maximum absolute atomic E-state index is 12.1. The van der Waals surface area contributed by atoms with Crippen molar-refractivity contribution < 1.29 is 28.9 Å². The van der Waals surface area contributed by atoms with Gasteiger partial charge in [0.2, 0.25) is 0 Å². The van der Waals surface area contributed by atoms with E-state index < -0.39 is 6.10 Å². The summed E-state index contributed by atoms with van der Waals surface area (Å²) in [6.07, 6.45) is 1.69. The van der Waals surface area contributed by atoms with Gasteiger partial charge in [-0.2, -0.15) is 0 Å². The van der Waals surface area contributed by atoms with Crippen molar-refractivity contribution in [3.05, 3.63) is 69.3 Å². The molecule has 2 aromatic carbocycles. The first-order valence-corrected chi connectivity index (χ1v) is 13.8. The summed E-state index contributed by atoms with van der Waals surface area (Å²) in [7, 11) is 3.72. The number of aliphatic hydroxyl groups excluding tert-OH is 1. The topological polar surface area (TPSA) is 88.5 Å². The number of β-amino-alcohol motifs (C(OH)–C–C–N with tert-alkyl or cyclic N) is 1. The lowest BCUT2D eigenvalue weighted by Gasteiger charge is -2.43. The van der Waals surface area contributed by atoms with Crippen LogP contribution in [0.15, 0.2) is 30.3 Å². The Labute approximate surface area is 231 Å². The number of rotatable bonds is 11. The van der Waals surface area contributed by atoms with E-state index in [-0.39, 0.29) is 24.2 Å². The molecule has 4 rings (SSSR count). The van der Waals surface area contributed by atoms with E-state index in [1.165, 1.54) is 5.56 Å². The van der Waals surface area contributed by atoms with Gasteiger partial charge in [0.1, 0.15) is 12.4 Å². The first-order chi connectivity index (χ1) is 18.7. The van der Waals surface area contributed by atoms with Crippen molar-refractivity contribution in [2.75, 3.05) is 47.0 Å². The number of morpholine rings is 1. The van der Waals surface area contributed by atoms with Crippen molar-refractivity contribution in [2.45, 2.75) is 64.5 Å². The number of carbonyl (C=O) groups is 2. The molecule has 212 valence electrons. The highest BCUT2D eigenvalue weighted by atomic mass is 16.5. The number of aliphatic hydroxyl groups is 1. The molecule has 0 spiro atoms. The highest BCUT2D eigenvalue weighted by Gasteiger charge is 2.32. The zero-order chi connectivity index (χ0) is 28.1. The van der Waals surface area contributed by atoms with Gasteiger partial charge in [-0.25, -0.2) is 4.79 Å². The van der Waals surface area contributed by atoms with E-state index >= 15 is 0 Å². The van der Waals surface area contributed by atoms with Gasteiger partial charge in [-0.05, 0) is 68.1 Å². The number of esters is 1. The van der Waals surface area contributed by atoms with Gasteiger partial charge in [0.25, 0.3) is 0 Å². The van der Waals surface area contributed by atoms with Crippen LogP contribution in [0.2, 0.25) is 0 Å². The van der Waals surface area contributed by atoms with Crippen LogP contribution in [0, 0.1) is 6.92 Å². The molecule has 1 fully saturated rings. The maximum atomic E-state index is 12.1. The van der Waals surface area contributed by atoms with Crippen molar-refractivity contribution in [2.24, 2.45) is 0 Å². The average molecular weight is 539 g/mol. The fraction of sp³-hybridized carbons (Fsp3) is 0.548. The second kappa shape index (κ2) is 13.2. The molecule has 1 saturated heterocycles. The monoisotopic (exact) mass is 538 g/mol. The number of cyclic esters (lactones) is 1. The van der Waals surface area contributed by atoms with Crippen molar-refractivity contribution in [3.8, 4) is 0 Å². The summed E-state index contributed by atoms with van der Waals surface area (Å²) >= 11 is 0. The van der Waals surface area contributed by atoms with Crippen molar-refractivity contribution in [1.29, 1.82) is 0 Å². The number of fused-ring (bicyclic) bond motifs is 1. The Morgan fingerprint density at radius 2 is 2.03 bits per heavy atom. The average Bonchev–Trinajstić information content (AvgIpc) is 2.90. The molecule has 0 radical (unpaired) electrons. The molecule has 39 heavy (non-hydrogen) atoms. The molecule has 0 bridgehead atoms. The van der Waals surface area contributed by atoms with Crippen LogP contribution in [-0.4, -0.2) is 92.4 Å². The normalized spacial score (nSPS) is 22.4. The van der Waals surface area contributed by atoms with E-state index in [1.807, 2.05) is 32.0 Å². The van der Waals surface area contributed by atoms with Gasteiger partial charge in [0.15, 0.2) is 0 Å². The largest absolute Gasteiger partial charge is 0.459 e. The third-order valence-corrected chi connectivity index (χ3v) is 8.05. The minimum absolute atomic E-state index is 0.0872. The molecule has 0 aromatic heterocycles. The highest BCUT2D eigenvalue weighted by Crippen LogP contribution is 2.27. The van der Waals surface area contributed by atoms with Crippen LogP contribution in [0.25, 0.3) is 0 Å². The quantitative estimate of drug-likeness (QED) is 0.344. The van der Waals surface area contributed by atoms with Crippen LogP contribution < -0.4 is 0 Å². The van der Waals surface area contributed by atoms with Crippen LogP contribution in [0.5, 0.6) is 0 Å². The number of hydrogen-bond acceptors (Lipinski definition) is 8. The molecule has 0 aliphatic carbocycles. The van der Waals surface area contributed by atoms with Crippen molar-refractivity contribution >= 4 is 12.3 Å². The molecule has 4 unspecified atom stereocenters. The van der Waals surface area contributed by atoms with Crippen LogP contribution in [0.1, 0.15) is 68.5 Å². The summed E-state index contributed by atoms with van der Waals surface area (Å²) in [6.45, 7) is 9.73. The zero-order valence-electron chi connectivity index (χ0n) is 23.8. The Morgan fingerprint density at radius 1 is 1.23 bits per heavy atom. The molecule has 2 heterocycles. The van der Waals surface area contributed by atoms with E-state index in [9.17, 15) is 14.7 Å². The van der Waals surface area contributed by atoms with E-state index in [0.717, 1.165) is 54.5 Å². The van der Waals surface area contributed by atoms with Gasteiger partial charge in [-0.3, -0.25) is 9.69 Å². The van der Waals surface area contributed by atoms with Gasteiger partial charge < -0.3 is 24.2 Å². The minimum Gasteiger partial charge on any atom is -0.459 e. The van der Waals surface area contributed by atoms with Gasteiger partial charge >= 0.3 is 5.97 Å². The Hall–Kier alpha value is -2.62. The first-order valence-electron chi connectivity index (χ1n) is 13.8. The summed E-state index contributed by atoms with van der Waals surface area (Å²) < 4.78 is 16.6. The Kier molecular flexibility index (Phi) is 9.91. The maximum Gasteiger partial charge on any atom is 0.338 e. The Balaban J connectivity index is 1.40. The third-order valence-electron chi connectivity index (χ3n) is 8.05. The molecule has 8 heteroatoms. The smallest absolute Gasteiger partial charge is 0.338 e. The van der Waals surface area contributed by atoms with E-state index in [2.05, 4.69) is 29.8 Å². The SMILES string of the molecule is COCc1c(C=O)ccc(C(O)CN2C(C)COCC2CN(C)CCc2ccc3c(c2)CC(C)OC3=O)c1C. The molecular formula is C31H42N2O6. The van der Waals surface area contributed by atoms with E-state index in [1.54, 1.807) is 13.2 Å². The first kappa shape index (κ1) is 29.4. The number of aldehydes is 1. The molecule has 2 aliphatic heterocycles. The van der Waals surface area contributed by atoms with Crippen molar-refractivity contribution in [3.63, 3.8) is 0 Å². The lowest BCUT2D eigenvalue weighted by molar-refractivity contribution is -0.0666. The second-order valence-corrected chi connectivity index (χ2v) is 11.1. The van der Waals surface area contributed by atoms with Gasteiger partial charge in [0, 0.05) is 50.8 Å². The standard InChI is InChI=1S/C31H42N2O6/c1-20-17-38-18-26(33(20)15-30(35)27-9-7-24(16-34)29(19-37-5)22(27)3)14-32(4)11-10-23-6-8-28-25(13-23)12-21(2)39-31(28)36/h6-9,13,16,20-21,26,30,35H,10-12,14-15,17-19H2,1-5H3. The van der Waals surface area contributed by atoms with Crippen LogP contribution in [0.4, 0.5) is 0 Å². The molecule has 4 atom stereocenters. The number of likely N-dealkylation sites (N-methyl/N-ethyl adjacent to an activating group) is 1. The number of methoxy groups -OCH3 is 1. The van der Waals surface area contributed by atoms with E-state index in [4.69, 9.17) is 14.2 Å².